The van der Waals surface area contributed by atoms with Gasteiger partial charge in [0.15, 0.2) is 0 Å². The number of benzene rings is 3. The van der Waals surface area contributed by atoms with Crippen molar-refractivity contribution in [1.29, 1.82) is 5.26 Å². The molecule has 0 bridgehead atoms. The highest BCUT2D eigenvalue weighted by Gasteiger charge is 2.43. The summed E-state index contributed by atoms with van der Waals surface area (Å²) in [5.74, 6) is -1.23. The Morgan fingerprint density at radius 3 is 2.49 bits per heavy atom. The second-order valence-electron chi connectivity index (χ2n) is 12.0. The number of esters is 1. The average Bonchev–Trinajstić information content (AvgIpc) is 3.64. The molecule has 3 aromatic carbocycles. The first-order valence-electron chi connectivity index (χ1n) is 14.8. The zero-order chi connectivity index (χ0) is 33.8. The number of anilines is 1. The predicted molar refractivity (Wildman–Crippen MR) is 177 cm³/mol. The lowest BCUT2D eigenvalue weighted by molar-refractivity contribution is -0.155. The van der Waals surface area contributed by atoms with Gasteiger partial charge < -0.3 is 14.4 Å². The van der Waals surface area contributed by atoms with Crippen LogP contribution in [0.25, 0.3) is 10.8 Å². The van der Waals surface area contributed by atoms with E-state index in [4.69, 9.17) is 14.7 Å². The molecule has 4 aromatic rings. The van der Waals surface area contributed by atoms with Crippen molar-refractivity contribution in [3.05, 3.63) is 94.2 Å². The van der Waals surface area contributed by atoms with Crippen LogP contribution in [0.3, 0.4) is 0 Å². The van der Waals surface area contributed by atoms with E-state index >= 15 is 0 Å². The zero-order valence-corrected chi connectivity index (χ0v) is 27.8. The van der Waals surface area contributed by atoms with Crippen LogP contribution >= 0.6 is 11.3 Å². The Morgan fingerprint density at radius 2 is 1.79 bits per heavy atom. The van der Waals surface area contributed by atoms with E-state index in [9.17, 15) is 22.8 Å². The lowest BCUT2D eigenvalue weighted by Crippen LogP contribution is -2.48. The first kappa shape index (κ1) is 33.6. The SMILES string of the molecule is CC(C)(C)OC(=O)CN([C@H]1CCN(Cc2csc(C#N)c2)C1=O)S(=O)(=O)c1ccc2ccc(NC(=O)OCc3ccccc3)cc2c1. The largest absolute Gasteiger partial charge is 0.459 e. The van der Waals surface area contributed by atoms with Gasteiger partial charge in [0.25, 0.3) is 0 Å². The molecular weight excluding hydrogens is 641 g/mol. The summed E-state index contributed by atoms with van der Waals surface area (Å²) in [4.78, 5) is 41.0. The Morgan fingerprint density at radius 1 is 1.04 bits per heavy atom. The van der Waals surface area contributed by atoms with Crippen molar-refractivity contribution in [3.8, 4) is 6.07 Å². The van der Waals surface area contributed by atoms with Crippen LogP contribution < -0.4 is 5.32 Å². The standard InChI is InChI=1S/C34H34N4O7S2/c1-34(2,3)45-31(39)20-38(30-13-14-37(32(30)40)19-24-15-28(18-35)46-22-24)47(42,43)29-12-10-25-9-11-27(16-26(25)17-29)36-33(41)44-21-23-7-5-4-6-8-23/h4-12,15-17,22,30H,13-14,19-21H2,1-3H3,(H,36,41)/t30-/m0/s1. The molecule has 11 nitrogen and oxygen atoms in total. The van der Waals surface area contributed by atoms with Gasteiger partial charge in [0.05, 0.1) is 4.90 Å². The number of hydrogen-bond donors (Lipinski definition) is 1. The molecule has 2 amide bonds. The van der Waals surface area contributed by atoms with Crippen molar-refractivity contribution < 1.29 is 32.3 Å². The van der Waals surface area contributed by atoms with Crippen molar-refractivity contribution in [1.82, 2.24) is 9.21 Å². The Bertz CT molecular complexity index is 1950. The van der Waals surface area contributed by atoms with Gasteiger partial charge in [0.2, 0.25) is 15.9 Å². The third kappa shape index (κ3) is 8.34. The van der Waals surface area contributed by atoms with Gasteiger partial charge in [-0.1, -0.05) is 42.5 Å². The maximum atomic E-state index is 14.2. The van der Waals surface area contributed by atoms with Gasteiger partial charge in [-0.3, -0.25) is 14.9 Å². The van der Waals surface area contributed by atoms with Crippen molar-refractivity contribution in [3.63, 3.8) is 0 Å². The number of fused-ring (bicyclic) bond motifs is 1. The first-order valence-corrected chi connectivity index (χ1v) is 17.2. The number of sulfonamides is 1. The van der Waals surface area contributed by atoms with Crippen LogP contribution in [-0.2, 0) is 42.2 Å². The quantitative estimate of drug-likeness (QED) is 0.212. The van der Waals surface area contributed by atoms with Crippen LogP contribution in [-0.4, -0.2) is 60.3 Å². The monoisotopic (exact) mass is 674 g/mol. The molecule has 2 heterocycles. The van der Waals surface area contributed by atoms with Crippen LogP contribution in [0.4, 0.5) is 10.5 Å². The molecule has 13 heteroatoms. The molecule has 1 saturated heterocycles. The number of hydrogen-bond acceptors (Lipinski definition) is 9. The van der Waals surface area contributed by atoms with Crippen LogP contribution in [0, 0.1) is 11.3 Å². The first-order chi connectivity index (χ1) is 22.3. The second-order valence-corrected chi connectivity index (χ2v) is 14.8. The molecule has 5 rings (SSSR count). The molecule has 0 spiro atoms. The number of ether oxygens (including phenoxy) is 2. The number of nitrogens with one attached hydrogen (secondary N) is 1. The van der Waals surface area contributed by atoms with Crippen LogP contribution in [0.5, 0.6) is 0 Å². The number of amides is 2. The van der Waals surface area contributed by atoms with E-state index in [1.165, 1.54) is 28.4 Å². The molecule has 1 aromatic heterocycles. The highest BCUT2D eigenvalue weighted by molar-refractivity contribution is 7.89. The minimum absolute atomic E-state index is 0.0849. The van der Waals surface area contributed by atoms with E-state index in [0.29, 0.717) is 21.3 Å². The summed E-state index contributed by atoms with van der Waals surface area (Å²) in [6.45, 7) is 4.94. The van der Waals surface area contributed by atoms with E-state index in [2.05, 4.69) is 11.4 Å². The summed E-state index contributed by atoms with van der Waals surface area (Å²) in [6, 6.07) is 21.4. The number of carbonyl (C=O) groups excluding carboxylic acids is 3. The van der Waals surface area contributed by atoms with E-state index < -0.39 is 46.2 Å². The number of thiophene rings is 1. The van der Waals surface area contributed by atoms with Crippen molar-refractivity contribution in [2.75, 3.05) is 18.4 Å². The lowest BCUT2D eigenvalue weighted by atomic mass is 10.1. The number of nitrogens with zero attached hydrogens (tertiary/aromatic N) is 3. The topological polar surface area (TPSA) is 146 Å². The second kappa shape index (κ2) is 13.9. The van der Waals surface area contributed by atoms with E-state index in [-0.39, 0.29) is 31.0 Å². The maximum absolute atomic E-state index is 14.2. The molecule has 0 aliphatic carbocycles. The van der Waals surface area contributed by atoms with Gasteiger partial charge in [-0.05, 0) is 84.8 Å². The van der Waals surface area contributed by atoms with E-state index in [0.717, 1.165) is 15.4 Å². The molecular formula is C34H34N4O7S2. The Labute approximate surface area is 277 Å². The fourth-order valence-electron chi connectivity index (χ4n) is 5.22. The molecule has 1 aliphatic heterocycles. The molecule has 1 N–H and O–H groups in total. The third-order valence-corrected chi connectivity index (χ3v) is 10.1. The minimum Gasteiger partial charge on any atom is -0.459 e. The van der Waals surface area contributed by atoms with Gasteiger partial charge in [0.1, 0.15) is 35.7 Å². The predicted octanol–water partition coefficient (Wildman–Crippen LogP) is 5.66. The van der Waals surface area contributed by atoms with Crippen LogP contribution in [0.2, 0.25) is 0 Å². The summed E-state index contributed by atoms with van der Waals surface area (Å²) in [6.07, 6.45) is -0.501. The van der Waals surface area contributed by atoms with Gasteiger partial charge in [0, 0.05) is 18.8 Å². The highest BCUT2D eigenvalue weighted by Crippen LogP contribution is 2.30. The lowest BCUT2D eigenvalue weighted by Gasteiger charge is -2.28. The number of carbonyl (C=O) groups is 3. The van der Waals surface area contributed by atoms with Gasteiger partial charge in [-0.2, -0.15) is 9.57 Å². The number of rotatable bonds is 10. The fraction of sp³-hybridized carbons (Fsp3) is 0.294. The molecule has 1 atom stereocenters. The molecule has 0 saturated carbocycles. The van der Waals surface area contributed by atoms with Crippen LogP contribution in [0.15, 0.2) is 83.1 Å². The molecule has 0 unspecified atom stereocenters. The normalized spacial score (nSPS) is 15.1. The van der Waals surface area contributed by atoms with E-state index in [1.54, 1.807) is 56.5 Å². The van der Waals surface area contributed by atoms with Crippen LogP contribution in [0.1, 0.15) is 43.2 Å². The third-order valence-electron chi connectivity index (χ3n) is 7.34. The summed E-state index contributed by atoms with van der Waals surface area (Å²) >= 11 is 1.27. The molecule has 244 valence electrons. The maximum Gasteiger partial charge on any atom is 0.411 e. The summed E-state index contributed by atoms with van der Waals surface area (Å²) < 4.78 is 40.1. The number of likely N-dealkylation sites (tertiary alicyclic amines) is 1. The Kier molecular flexibility index (Phi) is 9.95. The summed E-state index contributed by atoms with van der Waals surface area (Å²) in [7, 11) is -4.40. The van der Waals surface area contributed by atoms with E-state index in [1.807, 2.05) is 30.3 Å². The van der Waals surface area contributed by atoms with Crippen molar-refractivity contribution in [2.24, 2.45) is 0 Å². The summed E-state index contributed by atoms with van der Waals surface area (Å²) in [5.41, 5.74) is 1.12. The Balaban J connectivity index is 1.39. The molecule has 1 aliphatic rings. The molecule has 0 radical (unpaired) electrons. The van der Waals surface area contributed by atoms with Crippen molar-refractivity contribution in [2.45, 2.75) is 56.9 Å². The number of nitriles is 1. The van der Waals surface area contributed by atoms with Gasteiger partial charge in [-0.25, -0.2) is 13.2 Å². The van der Waals surface area contributed by atoms with Gasteiger partial charge >= 0.3 is 12.1 Å². The smallest absolute Gasteiger partial charge is 0.411 e. The Hall–Kier alpha value is -4.77. The summed E-state index contributed by atoms with van der Waals surface area (Å²) in [5, 5.41) is 14.8. The zero-order valence-electron chi connectivity index (χ0n) is 26.1. The fourth-order valence-corrected chi connectivity index (χ4v) is 7.51. The molecule has 1 fully saturated rings. The highest BCUT2D eigenvalue weighted by atomic mass is 32.2. The van der Waals surface area contributed by atoms with Crippen molar-refractivity contribution >= 4 is 55.8 Å². The van der Waals surface area contributed by atoms with Gasteiger partial charge in [-0.15, -0.1) is 11.3 Å². The minimum atomic E-state index is -4.40. The average molecular weight is 675 g/mol. The molecule has 47 heavy (non-hydrogen) atoms.